The number of carbonyl (C=O) groups is 1. The molecule has 0 amide bonds. The Labute approximate surface area is 116 Å². The maximum atomic E-state index is 11.1. The van der Waals surface area contributed by atoms with Gasteiger partial charge in [0.2, 0.25) is 0 Å². The van der Waals surface area contributed by atoms with Crippen molar-refractivity contribution in [3.8, 4) is 11.4 Å². The average molecular weight is 280 g/mol. The molecule has 0 N–H and O–H groups in total. The van der Waals surface area contributed by atoms with Gasteiger partial charge >= 0.3 is 5.97 Å². The second-order valence-electron chi connectivity index (χ2n) is 3.93. The van der Waals surface area contributed by atoms with Crippen LogP contribution in [-0.4, -0.2) is 27.8 Å². The first-order chi connectivity index (χ1) is 9.24. The molecule has 6 heteroatoms. The molecule has 0 aliphatic rings. The third-order valence-corrected chi connectivity index (χ3v) is 2.98. The van der Waals surface area contributed by atoms with Crippen LogP contribution in [0.3, 0.4) is 0 Å². The molecule has 0 atom stereocenters. The van der Waals surface area contributed by atoms with Gasteiger partial charge in [0.05, 0.1) is 25.8 Å². The number of alkyl halides is 1. The molecule has 2 aromatic rings. The van der Waals surface area contributed by atoms with Crippen LogP contribution in [0.1, 0.15) is 12.0 Å². The third kappa shape index (κ3) is 3.32. The second kappa shape index (κ2) is 6.33. The fourth-order valence-electron chi connectivity index (χ4n) is 1.70. The van der Waals surface area contributed by atoms with Gasteiger partial charge in [-0.2, -0.15) is 5.10 Å². The summed E-state index contributed by atoms with van der Waals surface area (Å²) in [5.74, 6) is 0.134. The average Bonchev–Trinajstić information content (AvgIpc) is 2.93. The van der Waals surface area contributed by atoms with Crippen molar-refractivity contribution in [2.24, 2.45) is 0 Å². The summed E-state index contributed by atoms with van der Waals surface area (Å²) in [5, 5.41) is 4.38. The van der Waals surface area contributed by atoms with E-state index in [1.54, 1.807) is 10.9 Å². The summed E-state index contributed by atoms with van der Waals surface area (Å²) in [6.45, 7) is 0.482. The van der Waals surface area contributed by atoms with Crippen molar-refractivity contribution in [3.05, 3.63) is 36.2 Å². The molecule has 100 valence electrons. The number of aromatic nitrogens is 3. The number of halogens is 1. The molecule has 0 radical (unpaired) electrons. The molecule has 0 aliphatic heterocycles. The van der Waals surface area contributed by atoms with E-state index in [2.05, 4.69) is 14.8 Å². The van der Waals surface area contributed by atoms with Gasteiger partial charge in [-0.25, -0.2) is 0 Å². The van der Waals surface area contributed by atoms with E-state index in [4.69, 9.17) is 11.6 Å². The summed E-state index contributed by atoms with van der Waals surface area (Å²) < 4.78 is 6.28. The molecule has 5 nitrogen and oxygen atoms in total. The minimum Gasteiger partial charge on any atom is -0.469 e. The summed E-state index contributed by atoms with van der Waals surface area (Å²) >= 11 is 5.87. The van der Waals surface area contributed by atoms with E-state index in [1.165, 1.54) is 7.11 Å². The maximum absolute atomic E-state index is 11.1. The molecule has 0 spiro atoms. The number of ether oxygens (including phenoxy) is 1. The molecule has 2 aromatic heterocycles. The number of esters is 1. The number of aryl methyl sites for hydroxylation is 1. The van der Waals surface area contributed by atoms with Gasteiger partial charge in [-0.3, -0.25) is 14.5 Å². The van der Waals surface area contributed by atoms with Crippen LogP contribution in [0.2, 0.25) is 0 Å². The zero-order valence-electron chi connectivity index (χ0n) is 10.5. The Bertz CT molecular complexity index is 569. The Morgan fingerprint density at radius 2 is 2.32 bits per heavy atom. The Balaban J connectivity index is 2.14. The summed E-state index contributed by atoms with van der Waals surface area (Å²) in [5.41, 5.74) is 2.46. The predicted octanol–water partition coefficient (Wildman–Crippen LogP) is 2.25. The molecule has 2 heterocycles. The highest BCUT2D eigenvalue weighted by Crippen LogP contribution is 2.20. The number of rotatable bonds is 5. The fraction of sp³-hybridized carbons (Fsp3) is 0.308. The SMILES string of the molecule is COC(=O)CCn1ccc(-c2ncccc2CCl)n1. The molecular weight excluding hydrogens is 266 g/mol. The lowest BCUT2D eigenvalue weighted by molar-refractivity contribution is -0.140. The summed E-state index contributed by atoms with van der Waals surface area (Å²) in [6.07, 6.45) is 3.81. The van der Waals surface area contributed by atoms with Crippen LogP contribution in [0, 0.1) is 0 Å². The largest absolute Gasteiger partial charge is 0.469 e. The normalized spacial score (nSPS) is 10.4. The Morgan fingerprint density at radius 3 is 3.05 bits per heavy atom. The van der Waals surface area contributed by atoms with E-state index in [0.29, 0.717) is 18.8 Å². The van der Waals surface area contributed by atoms with Crippen molar-refractivity contribution in [2.75, 3.05) is 7.11 Å². The molecule has 0 fully saturated rings. The van der Waals surface area contributed by atoms with Crippen LogP contribution in [0.25, 0.3) is 11.4 Å². The van der Waals surface area contributed by atoms with Crippen molar-refractivity contribution in [1.29, 1.82) is 0 Å². The molecular formula is C13H14ClN3O2. The fourth-order valence-corrected chi connectivity index (χ4v) is 1.91. The Kier molecular flexibility index (Phi) is 4.52. The monoisotopic (exact) mass is 279 g/mol. The van der Waals surface area contributed by atoms with E-state index in [1.807, 2.05) is 24.4 Å². The lowest BCUT2D eigenvalue weighted by Crippen LogP contribution is -2.07. The van der Waals surface area contributed by atoms with Gasteiger partial charge in [-0.1, -0.05) is 6.07 Å². The van der Waals surface area contributed by atoms with Gasteiger partial charge in [-0.15, -0.1) is 11.6 Å². The lowest BCUT2D eigenvalue weighted by atomic mass is 10.2. The summed E-state index contributed by atoms with van der Waals surface area (Å²) in [6, 6.07) is 5.62. The van der Waals surface area contributed by atoms with E-state index in [-0.39, 0.29) is 5.97 Å². The molecule has 2 rings (SSSR count). The summed E-state index contributed by atoms with van der Waals surface area (Å²) in [4.78, 5) is 15.4. The van der Waals surface area contributed by atoms with Gasteiger partial charge in [0, 0.05) is 18.3 Å². The van der Waals surface area contributed by atoms with Gasteiger partial charge in [0.15, 0.2) is 0 Å². The van der Waals surface area contributed by atoms with Crippen molar-refractivity contribution >= 4 is 17.6 Å². The first-order valence-corrected chi connectivity index (χ1v) is 6.38. The number of carbonyl (C=O) groups excluding carboxylic acids is 1. The first kappa shape index (κ1) is 13.5. The maximum Gasteiger partial charge on any atom is 0.307 e. The van der Waals surface area contributed by atoms with Gasteiger partial charge in [-0.05, 0) is 17.7 Å². The summed E-state index contributed by atoms with van der Waals surface area (Å²) in [7, 11) is 1.37. The van der Waals surface area contributed by atoms with Crippen molar-refractivity contribution in [3.63, 3.8) is 0 Å². The lowest BCUT2D eigenvalue weighted by Gasteiger charge is -2.03. The predicted molar refractivity (Wildman–Crippen MR) is 71.6 cm³/mol. The van der Waals surface area contributed by atoms with Crippen LogP contribution >= 0.6 is 11.6 Å². The molecule has 0 saturated heterocycles. The highest BCUT2D eigenvalue weighted by molar-refractivity contribution is 6.17. The molecule has 0 saturated carbocycles. The second-order valence-corrected chi connectivity index (χ2v) is 4.20. The van der Waals surface area contributed by atoms with E-state index >= 15 is 0 Å². The quantitative estimate of drug-likeness (QED) is 0.622. The zero-order valence-corrected chi connectivity index (χ0v) is 11.3. The highest BCUT2D eigenvalue weighted by atomic mass is 35.5. The Morgan fingerprint density at radius 1 is 1.47 bits per heavy atom. The zero-order chi connectivity index (χ0) is 13.7. The molecule has 0 unspecified atom stereocenters. The topological polar surface area (TPSA) is 57.0 Å². The van der Waals surface area contributed by atoms with Crippen molar-refractivity contribution < 1.29 is 9.53 Å². The van der Waals surface area contributed by atoms with Gasteiger partial charge in [0.25, 0.3) is 0 Å². The molecule has 19 heavy (non-hydrogen) atoms. The van der Waals surface area contributed by atoms with Crippen LogP contribution in [0.15, 0.2) is 30.6 Å². The highest BCUT2D eigenvalue weighted by Gasteiger charge is 2.09. The van der Waals surface area contributed by atoms with Crippen molar-refractivity contribution in [2.45, 2.75) is 18.8 Å². The van der Waals surface area contributed by atoms with Crippen LogP contribution in [0.5, 0.6) is 0 Å². The van der Waals surface area contributed by atoms with Crippen LogP contribution in [0.4, 0.5) is 0 Å². The first-order valence-electron chi connectivity index (χ1n) is 5.85. The standard InChI is InChI=1S/C13H14ClN3O2/c1-19-12(18)5-8-17-7-4-11(16-17)13-10(9-14)3-2-6-15-13/h2-4,6-7H,5,8-9H2,1H3. The number of methoxy groups -OCH3 is 1. The van der Waals surface area contributed by atoms with Crippen LogP contribution in [-0.2, 0) is 22.0 Å². The van der Waals surface area contributed by atoms with E-state index < -0.39 is 0 Å². The number of hydrogen-bond acceptors (Lipinski definition) is 4. The van der Waals surface area contributed by atoms with E-state index in [0.717, 1.165) is 17.0 Å². The number of hydrogen-bond donors (Lipinski definition) is 0. The minimum atomic E-state index is -0.253. The Hall–Kier alpha value is -1.88. The van der Waals surface area contributed by atoms with Gasteiger partial charge < -0.3 is 4.74 Å². The smallest absolute Gasteiger partial charge is 0.307 e. The van der Waals surface area contributed by atoms with Crippen molar-refractivity contribution in [1.82, 2.24) is 14.8 Å². The van der Waals surface area contributed by atoms with Crippen LogP contribution < -0.4 is 0 Å². The molecule has 0 aliphatic carbocycles. The van der Waals surface area contributed by atoms with E-state index in [9.17, 15) is 4.79 Å². The third-order valence-electron chi connectivity index (χ3n) is 2.69. The molecule has 0 aromatic carbocycles. The number of nitrogens with zero attached hydrogens (tertiary/aromatic N) is 3. The minimum absolute atomic E-state index is 0.253. The molecule has 0 bridgehead atoms. The van der Waals surface area contributed by atoms with Gasteiger partial charge in [0.1, 0.15) is 5.69 Å². The number of pyridine rings is 1.